The van der Waals surface area contributed by atoms with Crippen LogP contribution in [0.25, 0.3) is 10.9 Å². The summed E-state index contributed by atoms with van der Waals surface area (Å²) in [7, 11) is 0. The Morgan fingerprint density at radius 1 is 1.00 bits per heavy atom. The van der Waals surface area contributed by atoms with Gasteiger partial charge in [0.05, 0.1) is 17.6 Å². The van der Waals surface area contributed by atoms with E-state index in [2.05, 4.69) is 15.6 Å². The molecule has 1 fully saturated rings. The number of nitrogens with zero attached hydrogens (tertiary/aromatic N) is 2. The number of fused-ring (bicyclic) bond motifs is 2. The Morgan fingerprint density at radius 2 is 1.67 bits per heavy atom. The summed E-state index contributed by atoms with van der Waals surface area (Å²) >= 11 is 1.29. The van der Waals surface area contributed by atoms with Gasteiger partial charge in [0.1, 0.15) is 23.7 Å². The number of amides is 2. The molecule has 0 aliphatic carbocycles. The molecule has 2 N–H and O–H groups in total. The maximum absolute atomic E-state index is 13.9. The third-order valence-corrected chi connectivity index (χ3v) is 9.29. The quantitative estimate of drug-likeness (QED) is 0.170. The third-order valence-electron chi connectivity index (χ3n) is 7.95. The summed E-state index contributed by atoms with van der Waals surface area (Å²) in [6.07, 6.45) is -4.00. The normalized spacial score (nSPS) is 17.3. The molecule has 252 valence electrons. The van der Waals surface area contributed by atoms with E-state index in [-0.39, 0.29) is 30.1 Å². The number of hydrogen-bond acceptors (Lipinski definition) is 9. The van der Waals surface area contributed by atoms with Gasteiger partial charge in [0.15, 0.2) is 6.10 Å². The van der Waals surface area contributed by atoms with E-state index in [1.807, 2.05) is 60.7 Å². The van der Waals surface area contributed by atoms with Gasteiger partial charge < -0.3 is 20.1 Å². The maximum Gasteiger partial charge on any atom is 0.416 e. The van der Waals surface area contributed by atoms with Crippen LogP contribution in [0.1, 0.15) is 29.7 Å². The molecule has 2 amide bonds. The number of alkyl halides is 3. The molecule has 10 nitrogen and oxygen atoms in total. The molecule has 4 aromatic rings. The molecule has 1 aromatic heterocycles. The fraction of sp³-hybridized carbons (Fsp3) is 0.229. The van der Waals surface area contributed by atoms with E-state index in [0.717, 1.165) is 12.1 Å². The number of carbonyl (C=O) groups excluding carboxylic acids is 4. The summed E-state index contributed by atoms with van der Waals surface area (Å²) in [6, 6.07) is 21.9. The lowest BCUT2D eigenvalue weighted by Gasteiger charge is -2.49. The van der Waals surface area contributed by atoms with Crippen molar-refractivity contribution in [3.05, 3.63) is 119 Å². The van der Waals surface area contributed by atoms with Gasteiger partial charge in [-0.15, -0.1) is 11.8 Å². The molecule has 14 heteroatoms. The van der Waals surface area contributed by atoms with Gasteiger partial charge >= 0.3 is 18.1 Å². The Kier molecular flexibility index (Phi) is 9.58. The van der Waals surface area contributed by atoms with Crippen molar-refractivity contribution in [2.45, 2.75) is 30.6 Å². The topological polar surface area (TPSA) is 127 Å². The lowest BCUT2D eigenvalue weighted by Crippen LogP contribution is -2.71. The largest absolute Gasteiger partial charge is 0.461 e. The molecule has 1 saturated heterocycles. The van der Waals surface area contributed by atoms with Crippen LogP contribution >= 0.6 is 11.8 Å². The fourth-order valence-corrected chi connectivity index (χ4v) is 6.92. The summed E-state index contributed by atoms with van der Waals surface area (Å²) in [6.45, 7) is 0.719. The second kappa shape index (κ2) is 14.0. The molecule has 2 aliphatic rings. The van der Waals surface area contributed by atoms with Gasteiger partial charge in [0.2, 0.25) is 5.91 Å². The molecule has 2 aliphatic heterocycles. The molecule has 0 radical (unpaired) electrons. The van der Waals surface area contributed by atoms with Crippen LogP contribution in [0.15, 0.2) is 102 Å². The molecule has 0 spiro atoms. The highest BCUT2D eigenvalue weighted by molar-refractivity contribution is 8.00. The van der Waals surface area contributed by atoms with E-state index in [1.54, 1.807) is 0 Å². The van der Waals surface area contributed by atoms with E-state index in [0.29, 0.717) is 27.8 Å². The van der Waals surface area contributed by atoms with E-state index in [4.69, 9.17) is 9.47 Å². The average Bonchev–Trinajstić information content (AvgIpc) is 3.10. The van der Waals surface area contributed by atoms with E-state index >= 15 is 0 Å². The number of aromatic nitrogens is 1. The van der Waals surface area contributed by atoms with Crippen molar-refractivity contribution >= 4 is 52.1 Å². The highest BCUT2D eigenvalue weighted by atomic mass is 32.2. The van der Waals surface area contributed by atoms with Crippen LogP contribution in [0.4, 0.5) is 18.9 Å². The maximum atomic E-state index is 13.9. The first kappa shape index (κ1) is 33.5. The summed E-state index contributed by atoms with van der Waals surface area (Å²) in [5, 5.41) is 5.34. The molecule has 3 aromatic carbocycles. The minimum Gasteiger partial charge on any atom is -0.461 e. The summed E-state index contributed by atoms with van der Waals surface area (Å²) < 4.78 is 50.7. The standard InChI is InChI=1S/C35H29F3N4O6S/c1-20(43)47-18-23-19-49-33-29(41-28(44)17-40-26-14-15-39-27-16-24(35(36,37)38)12-13-25(26)27)32(45)42(33)30(23)34(46)48-31(21-8-4-2-5-9-21)22-10-6-3-7-11-22/h2-16,29,31,33H,17-19H2,1H3,(H,39,40)(H,41,44)/t29-,33-/m1/s1. The summed E-state index contributed by atoms with van der Waals surface area (Å²) in [5.41, 5.74) is 1.40. The van der Waals surface area contributed by atoms with E-state index in [9.17, 15) is 32.3 Å². The number of anilines is 1. The van der Waals surface area contributed by atoms with Gasteiger partial charge in [-0.3, -0.25) is 24.3 Å². The first-order chi connectivity index (χ1) is 23.5. The second-order valence-electron chi connectivity index (χ2n) is 11.2. The lowest BCUT2D eigenvalue weighted by molar-refractivity contribution is -0.155. The minimum absolute atomic E-state index is 0.0445. The second-order valence-corrected chi connectivity index (χ2v) is 12.3. The van der Waals surface area contributed by atoms with Crippen molar-refractivity contribution in [3.8, 4) is 0 Å². The van der Waals surface area contributed by atoms with Crippen LogP contribution in [0, 0.1) is 0 Å². The molecule has 0 saturated carbocycles. The average molecular weight is 691 g/mol. The zero-order valence-electron chi connectivity index (χ0n) is 25.9. The Labute approximate surface area is 282 Å². The van der Waals surface area contributed by atoms with Crippen molar-refractivity contribution in [3.63, 3.8) is 0 Å². The molecule has 6 rings (SSSR count). The summed E-state index contributed by atoms with van der Waals surface area (Å²) in [5.74, 6) is -2.23. The van der Waals surface area contributed by atoms with Crippen LogP contribution in [0.5, 0.6) is 0 Å². The monoisotopic (exact) mass is 690 g/mol. The van der Waals surface area contributed by atoms with Crippen molar-refractivity contribution in [1.29, 1.82) is 0 Å². The number of benzene rings is 3. The van der Waals surface area contributed by atoms with Crippen LogP contribution in [0.3, 0.4) is 0 Å². The lowest BCUT2D eigenvalue weighted by atomic mass is 10.0. The number of nitrogens with one attached hydrogen (secondary N) is 2. The molecular weight excluding hydrogens is 661 g/mol. The van der Waals surface area contributed by atoms with Crippen molar-refractivity contribution in [1.82, 2.24) is 15.2 Å². The van der Waals surface area contributed by atoms with Gasteiger partial charge in [0.25, 0.3) is 5.91 Å². The molecular formula is C35H29F3N4O6S. The fourth-order valence-electron chi connectivity index (χ4n) is 5.60. The number of esters is 2. The van der Waals surface area contributed by atoms with E-state index in [1.165, 1.54) is 41.9 Å². The highest BCUT2D eigenvalue weighted by Gasteiger charge is 2.54. The number of thioether (sulfide) groups is 1. The molecule has 49 heavy (non-hydrogen) atoms. The van der Waals surface area contributed by atoms with Gasteiger partial charge in [-0.2, -0.15) is 13.2 Å². The number of hydrogen-bond donors (Lipinski definition) is 2. The van der Waals surface area contributed by atoms with Crippen LogP contribution in [0.2, 0.25) is 0 Å². The first-order valence-corrected chi connectivity index (χ1v) is 16.2. The SMILES string of the molecule is CC(=O)OCC1=C(C(=O)OC(c2ccccc2)c2ccccc2)N2C(=O)[C@@H](NC(=O)CNc3ccnc4cc(C(F)(F)F)ccc34)[C@H]2SC1. The van der Waals surface area contributed by atoms with E-state index < -0.39 is 53.0 Å². The van der Waals surface area contributed by atoms with Crippen molar-refractivity contribution in [2.75, 3.05) is 24.2 Å². The number of rotatable bonds is 10. The molecule has 0 bridgehead atoms. The van der Waals surface area contributed by atoms with Gasteiger partial charge in [-0.05, 0) is 29.3 Å². The zero-order valence-corrected chi connectivity index (χ0v) is 26.7. The predicted molar refractivity (Wildman–Crippen MR) is 175 cm³/mol. The summed E-state index contributed by atoms with van der Waals surface area (Å²) in [4.78, 5) is 57.4. The Morgan fingerprint density at radius 3 is 2.31 bits per heavy atom. The van der Waals surface area contributed by atoms with Crippen LogP contribution in [-0.4, -0.2) is 64.0 Å². The van der Waals surface area contributed by atoms with Gasteiger partial charge in [-0.25, -0.2) is 4.79 Å². The number of halogens is 3. The third kappa shape index (κ3) is 7.23. The number of β-lactam (4-membered cyclic amide) rings is 1. The van der Waals surface area contributed by atoms with Crippen molar-refractivity contribution in [2.24, 2.45) is 0 Å². The van der Waals surface area contributed by atoms with Crippen molar-refractivity contribution < 1.29 is 41.8 Å². The van der Waals surface area contributed by atoms with Gasteiger partial charge in [-0.1, -0.05) is 66.7 Å². The number of pyridine rings is 1. The Bertz CT molecular complexity index is 1900. The van der Waals surface area contributed by atoms with Gasteiger partial charge in [0, 0.05) is 35.5 Å². The molecule has 2 atom stereocenters. The Hall–Kier alpha value is -5.37. The zero-order chi connectivity index (χ0) is 34.7. The molecule has 3 heterocycles. The smallest absolute Gasteiger partial charge is 0.416 e. The number of carbonyl (C=O) groups is 4. The van der Waals surface area contributed by atoms with Crippen LogP contribution < -0.4 is 10.6 Å². The highest BCUT2D eigenvalue weighted by Crippen LogP contribution is 2.42. The van der Waals surface area contributed by atoms with Crippen LogP contribution in [-0.2, 0) is 34.8 Å². The minimum atomic E-state index is -4.53. The Balaban J connectivity index is 1.18. The predicted octanol–water partition coefficient (Wildman–Crippen LogP) is 5.22. The molecule has 0 unspecified atom stereocenters. The number of ether oxygens (including phenoxy) is 2. The first-order valence-electron chi connectivity index (χ1n) is 15.1.